The summed E-state index contributed by atoms with van der Waals surface area (Å²) in [6, 6.07) is 9.03. The number of benzene rings is 1. The molecule has 1 aromatic rings. The van der Waals surface area contributed by atoms with E-state index in [9.17, 15) is 13.4 Å². The molecule has 0 radical (unpaired) electrons. The second-order valence-corrected chi connectivity index (χ2v) is 8.23. The molecule has 3 amide bonds. The van der Waals surface area contributed by atoms with Gasteiger partial charge in [0.1, 0.15) is 0 Å². The van der Waals surface area contributed by atoms with E-state index in [0.717, 1.165) is 4.46 Å². The van der Waals surface area contributed by atoms with Gasteiger partial charge in [-0.3, -0.25) is 0 Å². The van der Waals surface area contributed by atoms with Gasteiger partial charge in [-0.25, -0.2) is 0 Å². The predicted molar refractivity (Wildman–Crippen MR) is 69.5 cm³/mol. The zero-order valence-electron chi connectivity index (χ0n) is 10.2. The summed E-state index contributed by atoms with van der Waals surface area (Å²) in [4.78, 5) is 22.7. The summed E-state index contributed by atoms with van der Waals surface area (Å²) in [6.07, 6.45) is 1.19. The van der Waals surface area contributed by atoms with E-state index in [0.29, 0.717) is 18.2 Å². The van der Waals surface area contributed by atoms with Crippen LogP contribution in [-0.4, -0.2) is 31.3 Å². The van der Waals surface area contributed by atoms with Gasteiger partial charge in [-0.1, -0.05) is 0 Å². The molecule has 0 aromatic heterocycles. The second-order valence-electron chi connectivity index (χ2n) is 5.09. The first kappa shape index (κ1) is 12.5. The number of hydrogen-bond donors (Lipinski definition) is 2. The number of nitrogens with one attached hydrogen (secondary N) is 2. The Balaban J connectivity index is 1.59. The van der Waals surface area contributed by atoms with E-state index in [1.165, 1.54) is 0 Å². The molecule has 2 fully saturated rings. The van der Waals surface area contributed by atoms with Gasteiger partial charge in [0, 0.05) is 0 Å². The summed E-state index contributed by atoms with van der Waals surface area (Å²) < 4.78 is 13.1. The van der Waals surface area contributed by atoms with Gasteiger partial charge >= 0.3 is 114 Å². The average Bonchev–Trinajstić information content (AvgIpc) is 2.65. The van der Waals surface area contributed by atoms with E-state index < -0.39 is 25.4 Å². The minimum absolute atomic E-state index is 0.240. The van der Waals surface area contributed by atoms with Gasteiger partial charge in [-0.15, -0.1) is 0 Å². The second kappa shape index (κ2) is 4.54. The van der Waals surface area contributed by atoms with Crippen LogP contribution in [0.5, 0.6) is 0 Å². The minimum atomic E-state index is -2.03. The predicted octanol–water partition coefficient (Wildman–Crippen LogP) is 0.304. The van der Waals surface area contributed by atoms with E-state index in [2.05, 4.69) is 10.6 Å². The van der Waals surface area contributed by atoms with Gasteiger partial charge in [-0.2, -0.15) is 0 Å². The van der Waals surface area contributed by atoms with Gasteiger partial charge in [0.2, 0.25) is 0 Å². The molecule has 1 aliphatic carbocycles. The molecule has 1 atom stereocenters. The van der Waals surface area contributed by atoms with Gasteiger partial charge in [0.15, 0.2) is 0 Å². The van der Waals surface area contributed by atoms with E-state index in [4.69, 9.17) is 0 Å². The molecule has 1 saturated heterocycles. The molecule has 1 aliphatic heterocycles. The summed E-state index contributed by atoms with van der Waals surface area (Å²) in [5.41, 5.74) is -0.718. The maximum atomic E-state index is 12.2. The van der Waals surface area contributed by atoms with Crippen LogP contribution in [-0.2, 0) is 8.63 Å². The molecule has 2 N–H and O–H groups in total. The summed E-state index contributed by atoms with van der Waals surface area (Å²) >= 11 is -2.03. The molecule has 3 rings (SSSR count). The Morgan fingerprint density at radius 3 is 2.47 bits per heavy atom. The van der Waals surface area contributed by atoms with Crippen LogP contribution >= 0.6 is 0 Å². The number of carbonyl (C=O) groups is 2. The number of rotatable bonds is 3. The quantitative estimate of drug-likeness (QED) is 0.620. The van der Waals surface area contributed by atoms with Crippen LogP contribution in [0.1, 0.15) is 12.8 Å². The van der Waals surface area contributed by atoms with E-state index in [-0.39, 0.29) is 11.8 Å². The van der Waals surface area contributed by atoms with Crippen molar-refractivity contribution >= 4 is 30.2 Å². The maximum absolute atomic E-state index is 12.2. The fourth-order valence-electron chi connectivity index (χ4n) is 2.74. The zero-order chi connectivity index (χ0) is 13.5. The number of amides is 3. The topological polar surface area (TPSA) is 75.3 Å². The van der Waals surface area contributed by atoms with Crippen molar-refractivity contribution in [2.24, 2.45) is 5.92 Å². The van der Waals surface area contributed by atoms with Gasteiger partial charge in [-0.05, 0) is 0 Å². The number of urea groups is 1. The number of imide groups is 1. The van der Waals surface area contributed by atoms with Crippen LogP contribution in [0.25, 0.3) is 0 Å². The fraction of sp³-hybridized carbons (Fsp3) is 0.385. The Morgan fingerprint density at radius 1 is 1.21 bits per heavy atom. The van der Waals surface area contributed by atoms with Gasteiger partial charge in [0.05, 0.1) is 0 Å². The summed E-state index contributed by atoms with van der Waals surface area (Å²) in [5, 5.41) is 5.56. The van der Waals surface area contributed by atoms with Gasteiger partial charge in [0.25, 0.3) is 0 Å². The number of hydrogen-bond acceptors (Lipinski definition) is 3. The van der Waals surface area contributed by atoms with Crippen LogP contribution in [0.4, 0.5) is 4.79 Å². The van der Waals surface area contributed by atoms with Crippen LogP contribution in [0.2, 0.25) is 5.32 Å². The van der Waals surface area contributed by atoms with Crippen molar-refractivity contribution in [1.29, 1.82) is 0 Å². The molecule has 1 spiro atoms. The molecule has 100 valence electrons. The molecular weight excluding hydrogens is 311 g/mol. The monoisotopic (exact) mass is 326 g/mol. The summed E-state index contributed by atoms with van der Waals surface area (Å²) in [5.74, 6) is 0.0165. The third kappa shape index (κ3) is 2.22. The Kier molecular flexibility index (Phi) is 2.99. The first-order chi connectivity index (χ1) is 9.09. The Morgan fingerprint density at radius 2 is 1.89 bits per heavy atom. The van der Waals surface area contributed by atoms with Crippen molar-refractivity contribution in [2.45, 2.75) is 23.7 Å². The zero-order valence-corrected chi connectivity index (χ0v) is 11.9. The Bertz CT molecular complexity index is 552. The molecule has 6 heteroatoms. The average molecular weight is 325 g/mol. The number of carbonyl (C=O) groups excluding carboxylic acids is 2. The SMILES string of the molecule is O=C1NC(=O)C2(CC(C[Se](=O)c3ccccc3)C2)N1. The molecule has 1 heterocycles. The summed E-state index contributed by atoms with van der Waals surface area (Å²) in [6.45, 7) is 0. The molecule has 1 aromatic carbocycles. The van der Waals surface area contributed by atoms with Crippen LogP contribution in [0.3, 0.4) is 0 Å². The molecular formula is C13H14N2O3Se. The Labute approximate surface area is 114 Å². The molecule has 1 unspecified atom stereocenters. The van der Waals surface area contributed by atoms with E-state index in [1.807, 2.05) is 30.3 Å². The fourth-order valence-corrected chi connectivity index (χ4v) is 5.50. The van der Waals surface area contributed by atoms with E-state index in [1.54, 1.807) is 0 Å². The van der Waals surface area contributed by atoms with Crippen LogP contribution in [0, 0.1) is 5.92 Å². The third-order valence-corrected chi connectivity index (χ3v) is 6.98. The van der Waals surface area contributed by atoms with Crippen molar-refractivity contribution in [3.8, 4) is 0 Å². The van der Waals surface area contributed by atoms with E-state index >= 15 is 0 Å². The Hall–Kier alpha value is -1.52. The van der Waals surface area contributed by atoms with Crippen LogP contribution in [0.15, 0.2) is 30.3 Å². The molecule has 1 saturated carbocycles. The first-order valence-electron chi connectivity index (χ1n) is 6.16. The standard InChI is InChI=1S/C13H14N2O3Se/c16-11-13(15-12(17)14-11)6-9(7-13)8-19(18)10-4-2-1-3-5-10/h1-5,9H,6-8H2,(H2,14,15,16,17). The van der Waals surface area contributed by atoms with Gasteiger partial charge < -0.3 is 0 Å². The third-order valence-electron chi connectivity index (χ3n) is 3.68. The molecule has 5 nitrogen and oxygen atoms in total. The van der Waals surface area contributed by atoms with Crippen molar-refractivity contribution in [2.75, 3.05) is 0 Å². The van der Waals surface area contributed by atoms with Crippen molar-refractivity contribution in [1.82, 2.24) is 10.6 Å². The van der Waals surface area contributed by atoms with Crippen molar-refractivity contribution in [3.05, 3.63) is 30.3 Å². The van der Waals surface area contributed by atoms with Crippen molar-refractivity contribution < 1.29 is 13.4 Å². The normalized spacial score (nSPS) is 30.6. The molecule has 19 heavy (non-hydrogen) atoms. The molecule has 2 aliphatic rings. The molecule has 0 bridgehead atoms. The van der Waals surface area contributed by atoms with Crippen molar-refractivity contribution in [3.63, 3.8) is 0 Å². The summed E-state index contributed by atoms with van der Waals surface area (Å²) in [7, 11) is 0. The van der Waals surface area contributed by atoms with Crippen LogP contribution < -0.4 is 15.1 Å². The first-order valence-corrected chi connectivity index (χ1v) is 8.93.